The number of fused-ring (bicyclic) bond motifs is 1. The maximum absolute atomic E-state index is 4.56. The minimum atomic E-state index is 0.898. The molecule has 1 N–H and O–H groups in total. The Morgan fingerprint density at radius 1 is 1.47 bits per heavy atom. The molecule has 2 aromatic rings. The molecule has 2 atom stereocenters. The first-order chi connectivity index (χ1) is 8.25. The first-order valence-corrected chi connectivity index (χ1v) is 6.39. The van der Waals surface area contributed by atoms with E-state index in [9.17, 15) is 0 Å². The molecular formula is C14H19N3. The molecule has 1 aliphatic carbocycles. The van der Waals surface area contributed by atoms with Gasteiger partial charge in [-0.05, 0) is 43.9 Å². The molecule has 1 saturated carbocycles. The molecule has 2 heterocycles. The highest BCUT2D eigenvalue weighted by atomic mass is 15.0. The summed E-state index contributed by atoms with van der Waals surface area (Å²) in [5, 5.41) is 3.55. The lowest BCUT2D eigenvalue weighted by molar-refractivity contribution is 0.602. The summed E-state index contributed by atoms with van der Waals surface area (Å²) in [6.45, 7) is 6.47. The lowest BCUT2D eigenvalue weighted by atomic mass is 10.3. The second kappa shape index (κ2) is 4.15. The van der Waals surface area contributed by atoms with Gasteiger partial charge in [-0.15, -0.1) is 0 Å². The summed E-state index contributed by atoms with van der Waals surface area (Å²) < 4.78 is 2.18. The molecule has 90 valence electrons. The van der Waals surface area contributed by atoms with Crippen LogP contribution in [0.15, 0.2) is 24.4 Å². The first-order valence-electron chi connectivity index (χ1n) is 6.39. The molecule has 17 heavy (non-hydrogen) atoms. The van der Waals surface area contributed by atoms with Crippen LogP contribution in [0.1, 0.15) is 24.7 Å². The van der Waals surface area contributed by atoms with Crippen LogP contribution >= 0.6 is 0 Å². The zero-order chi connectivity index (χ0) is 11.8. The van der Waals surface area contributed by atoms with Crippen LogP contribution in [0.2, 0.25) is 0 Å². The van der Waals surface area contributed by atoms with Crippen molar-refractivity contribution in [1.29, 1.82) is 0 Å². The van der Waals surface area contributed by atoms with Crippen molar-refractivity contribution < 1.29 is 0 Å². The van der Waals surface area contributed by atoms with Crippen LogP contribution in [0.4, 0.5) is 0 Å². The average molecular weight is 229 g/mol. The van der Waals surface area contributed by atoms with Gasteiger partial charge in [-0.25, -0.2) is 4.98 Å². The van der Waals surface area contributed by atoms with Crippen molar-refractivity contribution >= 4 is 5.65 Å². The van der Waals surface area contributed by atoms with Crippen molar-refractivity contribution in [3.05, 3.63) is 35.8 Å². The number of aryl methyl sites for hydroxylation is 1. The maximum atomic E-state index is 4.56. The Kier molecular flexibility index (Phi) is 2.63. The zero-order valence-electron chi connectivity index (χ0n) is 10.5. The maximum Gasteiger partial charge on any atom is 0.137 e. The second-order valence-electron chi connectivity index (χ2n) is 5.18. The van der Waals surface area contributed by atoms with Gasteiger partial charge in [0.05, 0.1) is 11.4 Å². The lowest BCUT2D eigenvalue weighted by Gasteiger charge is -2.05. The topological polar surface area (TPSA) is 29.3 Å². The van der Waals surface area contributed by atoms with E-state index in [-0.39, 0.29) is 0 Å². The summed E-state index contributed by atoms with van der Waals surface area (Å²) in [6, 6.07) is 6.14. The first kappa shape index (κ1) is 10.8. The monoisotopic (exact) mass is 229 g/mol. The van der Waals surface area contributed by atoms with Crippen LogP contribution in [-0.2, 0) is 6.54 Å². The fraction of sp³-hybridized carbons (Fsp3) is 0.500. The van der Waals surface area contributed by atoms with Crippen molar-refractivity contribution in [2.45, 2.75) is 26.8 Å². The highest BCUT2D eigenvalue weighted by molar-refractivity contribution is 5.42. The SMILES string of the molecule is Cc1nc2ccccn2c1CNCC1CC1C. The molecule has 3 nitrogen and oxygen atoms in total. The Balaban J connectivity index is 1.73. The minimum Gasteiger partial charge on any atom is -0.311 e. The number of rotatable bonds is 4. The largest absolute Gasteiger partial charge is 0.311 e. The molecule has 3 heteroatoms. The van der Waals surface area contributed by atoms with Crippen molar-refractivity contribution in [2.24, 2.45) is 11.8 Å². The van der Waals surface area contributed by atoms with Gasteiger partial charge in [0.1, 0.15) is 5.65 Å². The van der Waals surface area contributed by atoms with Crippen LogP contribution in [0.5, 0.6) is 0 Å². The number of aromatic nitrogens is 2. The minimum absolute atomic E-state index is 0.898. The molecule has 0 aliphatic heterocycles. The summed E-state index contributed by atoms with van der Waals surface area (Å²) in [7, 11) is 0. The second-order valence-corrected chi connectivity index (χ2v) is 5.18. The number of hydrogen-bond donors (Lipinski definition) is 1. The third-order valence-electron chi connectivity index (χ3n) is 3.80. The normalized spacial score (nSPS) is 23.2. The molecule has 2 aromatic heterocycles. The molecule has 3 rings (SSSR count). The Morgan fingerprint density at radius 2 is 2.29 bits per heavy atom. The van der Waals surface area contributed by atoms with Crippen molar-refractivity contribution in [2.75, 3.05) is 6.54 Å². The molecular weight excluding hydrogens is 210 g/mol. The van der Waals surface area contributed by atoms with Gasteiger partial charge in [-0.3, -0.25) is 0 Å². The Hall–Kier alpha value is -1.35. The van der Waals surface area contributed by atoms with Crippen molar-refractivity contribution in [1.82, 2.24) is 14.7 Å². The van der Waals surface area contributed by atoms with Gasteiger partial charge in [-0.2, -0.15) is 0 Å². The quantitative estimate of drug-likeness (QED) is 0.872. The fourth-order valence-corrected chi connectivity index (χ4v) is 2.44. The van der Waals surface area contributed by atoms with E-state index in [0.717, 1.165) is 36.3 Å². The van der Waals surface area contributed by atoms with Crippen LogP contribution < -0.4 is 5.32 Å². The molecule has 1 aliphatic rings. The predicted molar refractivity (Wildman–Crippen MR) is 68.9 cm³/mol. The molecule has 0 amide bonds. The number of hydrogen-bond acceptors (Lipinski definition) is 2. The van der Waals surface area contributed by atoms with E-state index in [1.807, 2.05) is 6.07 Å². The average Bonchev–Trinajstić information content (AvgIpc) is 2.92. The number of nitrogens with one attached hydrogen (secondary N) is 1. The Morgan fingerprint density at radius 3 is 3.06 bits per heavy atom. The van der Waals surface area contributed by atoms with Gasteiger partial charge in [0.2, 0.25) is 0 Å². The third-order valence-corrected chi connectivity index (χ3v) is 3.80. The molecule has 0 saturated heterocycles. The highest BCUT2D eigenvalue weighted by Crippen LogP contribution is 2.36. The van der Waals surface area contributed by atoms with E-state index in [0.29, 0.717) is 0 Å². The zero-order valence-corrected chi connectivity index (χ0v) is 10.5. The number of nitrogens with zero attached hydrogens (tertiary/aromatic N) is 2. The smallest absolute Gasteiger partial charge is 0.137 e. The van der Waals surface area contributed by atoms with Crippen LogP contribution in [0, 0.1) is 18.8 Å². The van der Waals surface area contributed by atoms with Gasteiger partial charge in [0.15, 0.2) is 0 Å². The summed E-state index contributed by atoms with van der Waals surface area (Å²) >= 11 is 0. The fourth-order valence-electron chi connectivity index (χ4n) is 2.44. The van der Waals surface area contributed by atoms with E-state index < -0.39 is 0 Å². The van der Waals surface area contributed by atoms with Crippen LogP contribution in [-0.4, -0.2) is 15.9 Å². The Bertz CT molecular complexity index is 529. The highest BCUT2D eigenvalue weighted by Gasteiger charge is 2.31. The number of imidazole rings is 1. The van der Waals surface area contributed by atoms with Gasteiger partial charge in [0, 0.05) is 12.7 Å². The summed E-state index contributed by atoms with van der Waals surface area (Å²) in [5.41, 5.74) is 3.46. The molecule has 0 bridgehead atoms. The Labute approximate surface area is 102 Å². The summed E-state index contributed by atoms with van der Waals surface area (Å²) in [4.78, 5) is 4.56. The van der Waals surface area contributed by atoms with Gasteiger partial charge in [-0.1, -0.05) is 13.0 Å². The van der Waals surface area contributed by atoms with Crippen LogP contribution in [0.3, 0.4) is 0 Å². The molecule has 0 spiro atoms. The summed E-state index contributed by atoms with van der Waals surface area (Å²) in [6.07, 6.45) is 3.48. The van der Waals surface area contributed by atoms with E-state index in [4.69, 9.17) is 0 Å². The van der Waals surface area contributed by atoms with E-state index in [1.165, 1.54) is 12.1 Å². The lowest BCUT2D eigenvalue weighted by Crippen LogP contribution is -2.18. The van der Waals surface area contributed by atoms with Crippen LogP contribution in [0.25, 0.3) is 5.65 Å². The standard InChI is InChI=1S/C14H19N3/c1-10-7-12(10)8-15-9-13-11(2)16-14-5-3-4-6-17(13)14/h3-6,10,12,15H,7-9H2,1-2H3. The van der Waals surface area contributed by atoms with Crippen molar-refractivity contribution in [3.8, 4) is 0 Å². The van der Waals surface area contributed by atoms with E-state index >= 15 is 0 Å². The third kappa shape index (κ3) is 2.07. The molecule has 0 aromatic carbocycles. The van der Waals surface area contributed by atoms with Gasteiger partial charge >= 0.3 is 0 Å². The summed E-state index contributed by atoms with van der Waals surface area (Å²) in [5.74, 6) is 1.82. The number of pyridine rings is 1. The molecule has 1 fully saturated rings. The van der Waals surface area contributed by atoms with Gasteiger partial charge in [0.25, 0.3) is 0 Å². The predicted octanol–water partition coefficient (Wildman–Crippen LogP) is 2.39. The molecule has 2 unspecified atom stereocenters. The van der Waals surface area contributed by atoms with E-state index in [2.05, 4.69) is 46.9 Å². The van der Waals surface area contributed by atoms with Gasteiger partial charge < -0.3 is 9.72 Å². The molecule has 0 radical (unpaired) electrons. The van der Waals surface area contributed by atoms with E-state index in [1.54, 1.807) is 0 Å². The van der Waals surface area contributed by atoms with Crippen molar-refractivity contribution in [3.63, 3.8) is 0 Å².